The van der Waals surface area contributed by atoms with Gasteiger partial charge in [0.2, 0.25) is 7.37 Å². The second kappa shape index (κ2) is 7.46. The van der Waals surface area contributed by atoms with E-state index < -0.39 is 7.37 Å². The molecule has 1 atom stereocenters. The number of carbonyl (C=O) groups excluding carboxylic acids is 1. The molecule has 0 radical (unpaired) electrons. The Kier molecular flexibility index (Phi) is 6.26. The predicted molar refractivity (Wildman–Crippen MR) is 76.1 cm³/mol. The number of benzene rings is 1. The van der Waals surface area contributed by atoms with Gasteiger partial charge in [0.25, 0.3) is 0 Å². The Hall–Kier alpha value is -1.12. The monoisotopic (exact) mass is 284 g/mol. The van der Waals surface area contributed by atoms with Crippen molar-refractivity contribution in [2.75, 3.05) is 19.1 Å². The van der Waals surface area contributed by atoms with Gasteiger partial charge in [-0.3, -0.25) is 9.36 Å². The second-order valence-corrected chi connectivity index (χ2v) is 7.12. The van der Waals surface area contributed by atoms with Crippen molar-refractivity contribution in [1.29, 1.82) is 0 Å². The number of carbonyl (C=O) groups is 1. The molecule has 0 heterocycles. The first-order valence-corrected chi connectivity index (χ1v) is 8.42. The summed E-state index contributed by atoms with van der Waals surface area (Å²) in [6.45, 7) is 5.63. The molecule has 0 saturated carbocycles. The minimum atomic E-state index is -2.68. The first-order valence-electron chi connectivity index (χ1n) is 6.43. The average molecular weight is 284 g/mol. The van der Waals surface area contributed by atoms with E-state index in [1.54, 1.807) is 19.1 Å². The minimum absolute atomic E-state index is 0.0867. The van der Waals surface area contributed by atoms with Crippen molar-refractivity contribution in [1.82, 2.24) is 0 Å². The molecule has 0 aliphatic rings. The van der Waals surface area contributed by atoms with Crippen LogP contribution in [0, 0.1) is 0 Å². The molecular weight excluding hydrogens is 263 g/mol. The van der Waals surface area contributed by atoms with E-state index in [0.29, 0.717) is 24.9 Å². The van der Waals surface area contributed by atoms with Gasteiger partial charge in [-0.1, -0.05) is 19.1 Å². The minimum Gasteiger partial charge on any atom is -0.484 e. The van der Waals surface area contributed by atoms with Crippen molar-refractivity contribution in [2.24, 2.45) is 0 Å². The maximum atomic E-state index is 12.2. The molecule has 5 heteroatoms. The van der Waals surface area contributed by atoms with Crippen LogP contribution in [0.1, 0.15) is 26.3 Å². The highest BCUT2D eigenvalue weighted by Gasteiger charge is 2.20. The van der Waals surface area contributed by atoms with Gasteiger partial charge >= 0.3 is 0 Å². The van der Waals surface area contributed by atoms with Gasteiger partial charge in [-0.05, 0) is 31.5 Å². The molecule has 19 heavy (non-hydrogen) atoms. The van der Waals surface area contributed by atoms with Gasteiger partial charge in [-0.15, -0.1) is 0 Å². The Balaban J connectivity index is 2.58. The maximum absolute atomic E-state index is 12.2. The van der Waals surface area contributed by atoms with Crippen LogP contribution in [0.5, 0.6) is 5.75 Å². The molecule has 1 aromatic carbocycles. The fraction of sp³-hybridized carbons (Fsp3) is 0.500. The van der Waals surface area contributed by atoms with Crippen LogP contribution in [0.2, 0.25) is 0 Å². The molecule has 0 saturated heterocycles. The lowest BCUT2D eigenvalue weighted by Crippen LogP contribution is -2.04. The molecule has 0 aliphatic heterocycles. The van der Waals surface area contributed by atoms with Gasteiger partial charge in [-0.2, -0.15) is 0 Å². The predicted octanol–water partition coefficient (Wildman–Crippen LogP) is 3.49. The number of hydrogen-bond acceptors (Lipinski definition) is 4. The standard InChI is InChI=1S/C14H21O4P/c1-4-18-19(16,5-2)11-17-14-8-6-13(7-9-14)10-12(3)15/h6-9H,4-5,10-11H2,1-3H3. The molecule has 1 aromatic rings. The Morgan fingerprint density at radius 2 is 1.84 bits per heavy atom. The molecule has 4 nitrogen and oxygen atoms in total. The molecule has 0 aliphatic carbocycles. The third-order valence-electron chi connectivity index (χ3n) is 2.65. The number of Topliss-reactive ketones (excluding diaryl/α,β-unsaturated/α-hetero) is 1. The van der Waals surface area contributed by atoms with Crippen LogP contribution in [-0.2, 0) is 20.3 Å². The summed E-state index contributed by atoms with van der Waals surface area (Å²) >= 11 is 0. The molecule has 1 rings (SSSR count). The highest BCUT2D eigenvalue weighted by Crippen LogP contribution is 2.46. The number of hydrogen-bond donors (Lipinski definition) is 0. The lowest BCUT2D eigenvalue weighted by Gasteiger charge is -2.16. The molecule has 0 N–H and O–H groups in total. The van der Waals surface area contributed by atoms with E-state index in [9.17, 15) is 9.36 Å². The van der Waals surface area contributed by atoms with E-state index in [4.69, 9.17) is 9.26 Å². The fourth-order valence-electron chi connectivity index (χ4n) is 1.62. The van der Waals surface area contributed by atoms with Crippen LogP contribution in [0.4, 0.5) is 0 Å². The van der Waals surface area contributed by atoms with Gasteiger partial charge in [0.1, 0.15) is 11.5 Å². The van der Waals surface area contributed by atoms with E-state index in [1.165, 1.54) is 0 Å². The molecule has 0 aromatic heterocycles. The maximum Gasteiger partial charge on any atom is 0.239 e. The Labute approximate surface area is 114 Å². The molecule has 0 bridgehead atoms. The average Bonchev–Trinajstić information content (AvgIpc) is 2.38. The Morgan fingerprint density at radius 3 is 2.32 bits per heavy atom. The fourth-order valence-corrected chi connectivity index (χ4v) is 2.88. The van der Waals surface area contributed by atoms with Crippen molar-refractivity contribution in [2.45, 2.75) is 27.2 Å². The summed E-state index contributed by atoms with van der Waals surface area (Å²) in [7, 11) is -2.68. The van der Waals surface area contributed by atoms with Gasteiger partial charge in [0.05, 0.1) is 6.61 Å². The summed E-state index contributed by atoms with van der Waals surface area (Å²) in [5.74, 6) is 0.765. The smallest absolute Gasteiger partial charge is 0.239 e. The second-order valence-electron chi connectivity index (χ2n) is 4.34. The van der Waals surface area contributed by atoms with E-state index >= 15 is 0 Å². The SMILES string of the molecule is CCOP(=O)(CC)COc1ccc(CC(C)=O)cc1. The number of ether oxygens (including phenoxy) is 1. The largest absolute Gasteiger partial charge is 0.484 e. The van der Waals surface area contributed by atoms with Crippen molar-refractivity contribution < 1.29 is 18.6 Å². The molecule has 0 fully saturated rings. The van der Waals surface area contributed by atoms with Crippen LogP contribution < -0.4 is 4.74 Å². The first kappa shape index (κ1) is 15.9. The Bertz CT molecular complexity index is 453. The highest BCUT2D eigenvalue weighted by molar-refractivity contribution is 7.58. The normalized spacial score (nSPS) is 13.8. The Morgan fingerprint density at radius 1 is 1.21 bits per heavy atom. The quantitative estimate of drug-likeness (QED) is 0.686. The zero-order chi connectivity index (χ0) is 14.3. The zero-order valence-corrected chi connectivity index (χ0v) is 12.6. The summed E-state index contributed by atoms with van der Waals surface area (Å²) in [5.41, 5.74) is 0.948. The third-order valence-corrected chi connectivity index (χ3v) is 4.87. The van der Waals surface area contributed by atoms with Crippen molar-refractivity contribution in [3.63, 3.8) is 0 Å². The lowest BCUT2D eigenvalue weighted by molar-refractivity contribution is -0.116. The molecule has 106 valence electrons. The summed E-state index contributed by atoms with van der Waals surface area (Å²) in [4.78, 5) is 11.0. The summed E-state index contributed by atoms with van der Waals surface area (Å²) < 4.78 is 22.9. The third kappa shape index (κ3) is 5.58. The van der Waals surface area contributed by atoms with Crippen LogP contribution in [0.15, 0.2) is 24.3 Å². The summed E-state index contributed by atoms with van der Waals surface area (Å²) in [5, 5.41) is 0. The van der Waals surface area contributed by atoms with Crippen LogP contribution in [0.25, 0.3) is 0 Å². The van der Waals surface area contributed by atoms with Gasteiger partial charge in [0, 0.05) is 12.6 Å². The lowest BCUT2D eigenvalue weighted by atomic mass is 10.1. The van der Waals surface area contributed by atoms with E-state index in [1.807, 2.05) is 26.0 Å². The topological polar surface area (TPSA) is 52.6 Å². The molecular formula is C14H21O4P. The van der Waals surface area contributed by atoms with Crippen LogP contribution >= 0.6 is 7.37 Å². The van der Waals surface area contributed by atoms with Crippen molar-refractivity contribution in [3.05, 3.63) is 29.8 Å². The highest BCUT2D eigenvalue weighted by atomic mass is 31.2. The number of rotatable bonds is 8. The van der Waals surface area contributed by atoms with Gasteiger partial charge in [-0.25, -0.2) is 0 Å². The van der Waals surface area contributed by atoms with Crippen molar-refractivity contribution >= 4 is 13.2 Å². The van der Waals surface area contributed by atoms with Crippen LogP contribution in [-0.4, -0.2) is 24.9 Å². The number of ketones is 1. The molecule has 0 amide bonds. The summed E-state index contributed by atoms with van der Waals surface area (Å²) in [6.07, 6.45) is 0.972. The molecule has 0 spiro atoms. The summed E-state index contributed by atoms with van der Waals surface area (Å²) in [6, 6.07) is 7.25. The van der Waals surface area contributed by atoms with Crippen LogP contribution in [0.3, 0.4) is 0 Å². The van der Waals surface area contributed by atoms with E-state index in [-0.39, 0.29) is 12.1 Å². The molecule has 1 unspecified atom stereocenters. The van der Waals surface area contributed by atoms with E-state index in [2.05, 4.69) is 0 Å². The van der Waals surface area contributed by atoms with Gasteiger partial charge in [0.15, 0.2) is 6.35 Å². The van der Waals surface area contributed by atoms with Crippen molar-refractivity contribution in [3.8, 4) is 5.75 Å². The first-order chi connectivity index (χ1) is 8.99. The van der Waals surface area contributed by atoms with E-state index in [0.717, 1.165) is 5.56 Å². The zero-order valence-electron chi connectivity index (χ0n) is 11.7. The van der Waals surface area contributed by atoms with Gasteiger partial charge < -0.3 is 9.26 Å².